The van der Waals surface area contributed by atoms with E-state index in [-0.39, 0.29) is 0 Å². The minimum Gasteiger partial charge on any atom is -0.302 e. The summed E-state index contributed by atoms with van der Waals surface area (Å²) >= 11 is 0. The Hall–Kier alpha value is -0.730. The first kappa shape index (κ1) is 22.3. The molecule has 0 saturated heterocycles. The number of hydrogen-bond acceptors (Lipinski definition) is 3. The number of alkyl halides is 12. The fraction of sp³-hybridized carbons (Fsp3) is 1.00. The Morgan fingerprint density at radius 2 is 0.783 bits per heavy atom. The van der Waals surface area contributed by atoms with Crippen molar-refractivity contribution in [2.45, 2.75) is 36.9 Å². The second-order valence-electron chi connectivity index (χ2n) is 3.61. The number of hydrogen-bond donors (Lipinski definition) is 1. The molecule has 0 amide bonds. The lowest BCUT2D eigenvalue weighted by Crippen LogP contribution is -2.46. The zero-order valence-corrected chi connectivity index (χ0v) is 10.7. The van der Waals surface area contributed by atoms with Crippen LogP contribution in [0.15, 0.2) is 0 Å². The molecule has 0 aliphatic rings. The van der Waals surface area contributed by atoms with Crippen LogP contribution in [0.1, 0.15) is 0 Å². The standard InChI is InChI=1S/C6H3F12O4P/c7-3(8,9)1(4(10,11)12)21-23(19,20)22-2(5(13,14)15)6(16,17)18/h1-2H,(H,19,20). The van der Waals surface area contributed by atoms with Gasteiger partial charge in [0.2, 0.25) is 0 Å². The van der Waals surface area contributed by atoms with Gasteiger partial charge in [0, 0.05) is 0 Å². The van der Waals surface area contributed by atoms with Crippen molar-refractivity contribution in [1.29, 1.82) is 0 Å². The molecule has 0 radical (unpaired) electrons. The average molecular weight is 398 g/mol. The predicted molar refractivity (Wildman–Crippen MR) is 43.8 cm³/mol. The molecule has 0 aliphatic heterocycles. The molecule has 0 bridgehead atoms. The third kappa shape index (κ3) is 7.14. The second-order valence-corrected chi connectivity index (χ2v) is 4.96. The first-order chi connectivity index (χ1) is 9.68. The molecule has 0 saturated carbocycles. The molecule has 0 unspecified atom stereocenters. The van der Waals surface area contributed by atoms with Crippen LogP contribution in [0.5, 0.6) is 0 Å². The Labute approximate surface area is 117 Å². The van der Waals surface area contributed by atoms with Gasteiger partial charge in [0.05, 0.1) is 0 Å². The molecule has 140 valence electrons. The monoisotopic (exact) mass is 398 g/mol. The molecule has 0 heterocycles. The van der Waals surface area contributed by atoms with E-state index < -0.39 is 44.7 Å². The Morgan fingerprint density at radius 3 is 0.913 bits per heavy atom. The normalized spacial score (nSPS) is 15.6. The van der Waals surface area contributed by atoms with E-state index in [1.165, 1.54) is 0 Å². The van der Waals surface area contributed by atoms with E-state index in [1.807, 2.05) is 0 Å². The summed E-state index contributed by atoms with van der Waals surface area (Å²) in [6.07, 6.45) is -36.2. The van der Waals surface area contributed by atoms with E-state index in [0.717, 1.165) is 0 Å². The van der Waals surface area contributed by atoms with Gasteiger partial charge in [0.15, 0.2) is 0 Å². The largest absolute Gasteiger partial charge is 0.474 e. The van der Waals surface area contributed by atoms with E-state index in [2.05, 4.69) is 9.05 Å². The Morgan fingerprint density at radius 1 is 0.609 bits per heavy atom. The third-order valence-corrected chi connectivity index (χ3v) is 2.62. The first-order valence-corrected chi connectivity index (χ1v) is 6.14. The molecular formula is C6H3F12O4P. The van der Waals surface area contributed by atoms with Gasteiger partial charge in [-0.1, -0.05) is 0 Å². The number of phosphoric ester groups is 1. The molecule has 4 nitrogen and oxygen atoms in total. The number of halogens is 12. The van der Waals surface area contributed by atoms with Gasteiger partial charge in [-0.3, -0.25) is 9.05 Å². The number of phosphoric acid groups is 1. The lowest BCUT2D eigenvalue weighted by molar-refractivity contribution is -0.317. The average Bonchev–Trinajstić information content (AvgIpc) is 2.16. The highest BCUT2D eigenvalue weighted by Gasteiger charge is 2.64. The summed E-state index contributed by atoms with van der Waals surface area (Å²) < 4.78 is 159. The van der Waals surface area contributed by atoms with Crippen molar-refractivity contribution in [1.82, 2.24) is 0 Å². The fourth-order valence-electron chi connectivity index (χ4n) is 0.901. The van der Waals surface area contributed by atoms with Crippen molar-refractivity contribution in [3.8, 4) is 0 Å². The van der Waals surface area contributed by atoms with Crippen LogP contribution in [0.3, 0.4) is 0 Å². The van der Waals surface area contributed by atoms with Gasteiger partial charge in [-0.2, -0.15) is 52.7 Å². The Bertz CT molecular complexity index is 380. The van der Waals surface area contributed by atoms with Crippen LogP contribution in [0.2, 0.25) is 0 Å². The fourth-order valence-corrected chi connectivity index (χ4v) is 1.96. The lowest BCUT2D eigenvalue weighted by atomic mass is 10.3. The topological polar surface area (TPSA) is 55.8 Å². The molecule has 1 N–H and O–H groups in total. The van der Waals surface area contributed by atoms with Crippen LogP contribution >= 0.6 is 7.82 Å². The summed E-state index contributed by atoms with van der Waals surface area (Å²) in [7, 11) is -7.07. The van der Waals surface area contributed by atoms with Crippen LogP contribution in [0.4, 0.5) is 52.7 Å². The van der Waals surface area contributed by atoms with Gasteiger partial charge in [-0.25, -0.2) is 4.57 Å². The summed E-state index contributed by atoms with van der Waals surface area (Å²) in [5.74, 6) is 0. The highest BCUT2D eigenvalue weighted by Crippen LogP contribution is 2.54. The van der Waals surface area contributed by atoms with Crippen LogP contribution in [-0.4, -0.2) is 41.8 Å². The SMILES string of the molecule is O=P(O)(OC(C(F)(F)F)C(F)(F)F)OC(C(F)(F)F)C(F)(F)F. The Balaban J connectivity index is 5.52. The van der Waals surface area contributed by atoms with Crippen molar-refractivity contribution in [2.75, 3.05) is 0 Å². The van der Waals surface area contributed by atoms with E-state index in [1.54, 1.807) is 0 Å². The maximum Gasteiger partial charge on any atom is 0.474 e. The van der Waals surface area contributed by atoms with Crippen molar-refractivity contribution in [2.24, 2.45) is 0 Å². The highest BCUT2D eigenvalue weighted by atomic mass is 31.2. The molecule has 0 aromatic rings. The van der Waals surface area contributed by atoms with Gasteiger partial charge >= 0.3 is 32.5 Å². The van der Waals surface area contributed by atoms with Gasteiger partial charge in [0.25, 0.3) is 12.2 Å². The van der Waals surface area contributed by atoms with E-state index in [0.29, 0.717) is 0 Å². The van der Waals surface area contributed by atoms with E-state index in [9.17, 15) is 57.3 Å². The van der Waals surface area contributed by atoms with Crippen LogP contribution in [0.25, 0.3) is 0 Å². The molecule has 0 aromatic carbocycles. The molecule has 0 aliphatic carbocycles. The molecule has 0 spiro atoms. The minimum atomic E-state index is -7.07. The van der Waals surface area contributed by atoms with Crippen LogP contribution < -0.4 is 0 Å². The van der Waals surface area contributed by atoms with E-state index >= 15 is 0 Å². The maximum absolute atomic E-state index is 12.0. The van der Waals surface area contributed by atoms with Gasteiger partial charge < -0.3 is 4.89 Å². The molecule has 0 atom stereocenters. The molecule has 0 fully saturated rings. The molecular weight excluding hydrogens is 395 g/mol. The maximum atomic E-state index is 12.0. The van der Waals surface area contributed by atoms with E-state index in [4.69, 9.17) is 4.89 Å². The molecule has 17 heteroatoms. The first-order valence-electron chi connectivity index (χ1n) is 4.64. The van der Waals surface area contributed by atoms with Crippen molar-refractivity contribution in [3.05, 3.63) is 0 Å². The van der Waals surface area contributed by atoms with Crippen molar-refractivity contribution in [3.63, 3.8) is 0 Å². The zero-order chi connectivity index (χ0) is 19.1. The van der Waals surface area contributed by atoms with Gasteiger partial charge in [-0.15, -0.1) is 0 Å². The smallest absolute Gasteiger partial charge is 0.302 e. The minimum absolute atomic E-state index is 2.43. The lowest BCUT2D eigenvalue weighted by Gasteiger charge is -2.28. The van der Waals surface area contributed by atoms with Gasteiger partial charge in [0.1, 0.15) is 0 Å². The molecule has 0 rings (SSSR count). The summed E-state index contributed by atoms with van der Waals surface area (Å²) in [4.78, 5) is 8.42. The number of rotatable bonds is 4. The Kier molecular flexibility index (Phi) is 6.09. The summed E-state index contributed by atoms with van der Waals surface area (Å²) in [5, 5.41) is 0. The molecule has 0 aromatic heterocycles. The summed E-state index contributed by atoms with van der Waals surface area (Å²) in [6, 6.07) is 0. The summed E-state index contributed by atoms with van der Waals surface area (Å²) in [5.41, 5.74) is 0. The van der Waals surface area contributed by atoms with Crippen molar-refractivity contribution >= 4 is 7.82 Å². The third-order valence-electron chi connectivity index (χ3n) is 1.67. The van der Waals surface area contributed by atoms with Crippen LogP contribution in [0, 0.1) is 0 Å². The predicted octanol–water partition coefficient (Wildman–Crippen LogP) is 4.11. The van der Waals surface area contributed by atoms with Crippen LogP contribution in [-0.2, 0) is 13.6 Å². The molecule has 23 heavy (non-hydrogen) atoms. The second kappa shape index (κ2) is 6.29. The zero-order valence-electron chi connectivity index (χ0n) is 9.81. The van der Waals surface area contributed by atoms with Gasteiger partial charge in [-0.05, 0) is 0 Å². The summed E-state index contributed by atoms with van der Waals surface area (Å²) in [6.45, 7) is 0. The van der Waals surface area contributed by atoms with Crippen molar-refractivity contribution < 1.29 is 71.2 Å². The highest BCUT2D eigenvalue weighted by molar-refractivity contribution is 7.47. The quantitative estimate of drug-likeness (QED) is 0.573.